The number of fused-ring (bicyclic) bond motifs is 1. The second-order valence-corrected chi connectivity index (χ2v) is 6.73. The van der Waals surface area contributed by atoms with Gasteiger partial charge in [-0.2, -0.15) is 0 Å². The number of aryl methyl sites for hydroxylation is 1. The Balaban J connectivity index is 1.57. The van der Waals surface area contributed by atoms with Gasteiger partial charge in [0.2, 0.25) is 0 Å². The van der Waals surface area contributed by atoms with E-state index >= 15 is 0 Å². The Hall–Kier alpha value is -2.70. The highest BCUT2D eigenvalue weighted by molar-refractivity contribution is 5.97. The first-order valence-electron chi connectivity index (χ1n) is 8.85. The van der Waals surface area contributed by atoms with Gasteiger partial charge in [-0.3, -0.25) is 9.36 Å². The van der Waals surface area contributed by atoms with Crippen molar-refractivity contribution in [1.82, 2.24) is 20.2 Å². The molecule has 2 unspecified atom stereocenters. The van der Waals surface area contributed by atoms with Crippen LogP contribution >= 0.6 is 0 Å². The third kappa shape index (κ3) is 3.09. The molecule has 2 heterocycles. The molecule has 3 aromatic rings. The van der Waals surface area contributed by atoms with Crippen LogP contribution in [-0.4, -0.2) is 46.3 Å². The van der Waals surface area contributed by atoms with Gasteiger partial charge in [0, 0.05) is 36.8 Å². The van der Waals surface area contributed by atoms with Crippen LogP contribution in [-0.2, 0) is 0 Å². The number of para-hydroxylation sites is 1. The molecule has 26 heavy (non-hydrogen) atoms. The fourth-order valence-corrected chi connectivity index (χ4v) is 3.50. The number of nitrogens with one attached hydrogen (secondary N) is 2. The molecule has 2 aromatic carbocycles. The fourth-order valence-electron chi connectivity index (χ4n) is 3.50. The van der Waals surface area contributed by atoms with E-state index in [4.69, 9.17) is 0 Å². The van der Waals surface area contributed by atoms with Crippen LogP contribution in [0, 0.1) is 12.8 Å². The summed E-state index contributed by atoms with van der Waals surface area (Å²) in [6.07, 6.45) is -0.401. The summed E-state index contributed by atoms with van der Waals surface area (Å²) >= 11 is 0. The maximum Gasteiger partial charge on any atom is 0.251 e. The van der Waals surface area contributed by atoms with E-state index in [-0.39, 0.29) is 11.8 Å². The number of amides is 1. The lowest BCUT2D eigenvalue weighted by Crippen LogP contribution is -2.34. The number of carbonyl (C=O) groups is 1. The average molecular weight is 350 g/mol. The summed E-state index contributed by atoms with van der Waals surface area (Å²) in [6, 6.07) is 15.6. The number of aliphatic hydroxyl groups is 1. The van der Waals surface area contributed by atoms with E-state index < -0.39 is 6.10 Å². The molecule has 0 spiro atoms. The quantitative estimate of drug-likeness (QED) is 0.668. The normalized spacial score (nSPS) is 19.8. The van der Waals surface area contributed by atoms with Gasteiger partial charge in [-0.15, -0.1) is 0 Å². The predicted octanol–water partition coefficient (Wildman–Crippen LogP) is 1.64. The molecule has 134 valence electrons. The number of aliphatic hydroxyl groups excluding tert-OH is 1. The van der Waals surface area contributed by atoms with Crippen molar-refractivity contribution >= 4 is 16.9 Å². The topological polar surface area (TPSA) is 79.2 Å². The lowest BCUT2D eigenvalue weighted by molar-refractivity contribution is 0.0927. The smallest absolute Gasteiger partial charge is 0.251 e. The molecule has 2 atom stereocenters. The van der Waals surface area contributed by atoms with Crippen LogP contribution in [0.15, 0.2) is 48.5 Å². The first kappa shape index (κ1) is 16.8. The molecular weight excluding hydrogens is 328 g/mol. The van der Waals surface area contributed by atoms with Crippen LogP contribution in [0.3, 0.4) is 0 Å². The molecule has 1 saturated heterocycles. The van der Waals surface area contributed by atoms with Crippen LogP contribution in [0.4, 0.5) is 0 Å². The highest BCUT2D eigenvalue weighted by atomic mass is 16.3. The number of carbonyl (C=O) groups excluding carboxylic acids is 1. The standard InChI is InChI=1S/C20H22N4O2/c1-13-23-17-9-14(20(26)22-11-15-10-21-12-19(15)25)7-8-18(17)24(13)16-5-3-2-4-6-16/h2-9,15,19,21,25H,10-12H2,1H3,(H,22,26). The molecule has 6 heteroatoms. The summed E-state index contributed by atoms with van der Waals surface area (Å²) in [4.78, 5) is 17.1. The first-order chi connectivity index (χ1) is 12.6. The van der Waals surface area contributed by atoms with Crippen molar-refractivity contribution in [1.29, 1.82) is 0 Å². The number of nitrogens with zero attached hydrogens (tertiary/aromatic N) is 2. The number of rotatable bonds is 4. The van der Waals surface area contributed by atoms with E-state index in [0.29, 0.717) is 18.7 Å². The van der Waals surface area contributed by atoms with Crippen molar-refractivity contribution in [3.8, 4) is 5.69 Å². The minimum absolute atomic E-state index is 0.0576. The highest BCUT2D eigenvalue weighted by Crippen LogP contribution is 2.22. The number of β-amino-alcohol motifs (C(OH)–C–C–N with tert-alkyl or cyclic N) is 1. The monoisotopic (exact) mass is 350 g/mol. The van der Waals surface area contributed by atoms with Crippen molar-refractivity contribution in [2.45, 2.75) is 13.0 Å². The van der Waals surface area contributed by atoms with Crippen LogP contribution in [0.5, 0.6) is 0 Å². The Morgan fingerprint density at radius 2 is 2.08 bits per heavy atom. The Bertz CT molecular complexity index is 936. The van der Waals surface area contributed by atoms with E-state index in [1.165, 1.54) is 0 Å². The Labute approximate surface area is 151 Å². The molecule has 1 aromatic heterocycles. The summed E-state index contributed by atoms with van der Waals surface area (Å²) < 4.78 is 2.08. The Kier molecular flexibility index (Phi) is 4.44. The molecule has 1 amide bonds. The van der Waals surface area contributed by atoms with Gasteiger partial charge in [-0.25, -0.2) is 4.98 Å². The number of hydrogen-bond acceptors (Lipinski definition) is 4. The third-order valence-corrected chi connectivity index (χ3v) is 4.93. The van der Waals surface area contributed by atoms with Crippen molar-refractivity contribution in [3.05, 3.63) is 59.9 Å². The summed E-state index contributed by atoms with van der Waals surface area (Å²) in [5.74, 6) is 0.795. The Morgan fingerprint density at radius 1 is 1.27 bits per heavy atom. The fraction of sp³-hybridized carbons (Fsp3) is 0.300. The lowest BCUT2D eigenvalue weighted by Gasteiger charge is -2.14. The highest BCUT2D eigenvalue weighted by Gasteiger charge is 2.25. The third-order valence-electron chi connectivity index (χ3n) is 4.93. The molecule has 3 N–H and O–H groups in total. The number of hydrogen-bond donors (Lipinski definition) is 3. The van der Waals surface area contributed by atoms with E-state index in [1.807, 2.05) is 55.5 Å². The maximum atomic E-state index is 12.5. The predicted molar refractivity (Wildman–Crippen MR) is 101 cm³/mol. The van der Waals surface area contributed by atoms with Gasteiger partial charge in [0.1, 0.15) is 5.82 Å². The molecule has 0 radical (unpaired) electrons. The molecule has 0 aliphatic carbocycles. The Morgan fingerprint density at radius 3 is 2.81 bits per heavy atom. The maximum absolute atomic E-state index is 12.5. The SMILES string of the molecule is Cc1nc2cc(C(=O)NCC3CNCC3O)ccc2n1-c1ccccc1. The summed E-state index contributed by atoms with van der Waals surface area (Å²) in [7, 11) is 0. The number of aromatic nitrogens is 2. The van der Waals surface area contributed by atoms with Crippen LogP contribution in [0.25, 0.3) is 16.7 Å². The van der Waals surface area contributed by atoms with Crippen LogP contribution in [0.2, 0.25) is 0 Å². The van der Waals surface area contributed by atoms with Crippen molar-refractivity contribution < 1.29 is 9.90 Å². The zero-order chi connectivity index (χ0) is 18.1. The van der Waals surface area contributed by atoms with Gasteiger partial charge in [0.25, 0.3) is 5.91 Å². The van der Waals surface area contributed by atoms with Gasteiger partial charge in [-0.1, -0.05) is 18.2 Å². The molecular formula is C20H22N4O2. The molecule has 6 nitrogen and oxygen atoms in total. The average Bonchev–Trinajstić information content (AvgIpc) is 3.21. The molecule has 1 aliphatic rings. The largest absolute Gasteiger partial charge is 0.391 e. The summed E-state index contributed by atoms with van der Waals surface area (Å²) in [5.41, 5.74) is 3.39. The zero-order valence-electron chi connectivity index (χ0n) is 14.6. The molecule has 1 fully saturated rings. The molecule has 0 saturated carbocycles. The zero-order valence-corrected chi connectivity index (χ0v) is 14.6. The first-order valence-corrected chi connectivity index (χ1v) is 8.85. The second kappa shape index (κ2) is 6.90. The minimum Gasteiger partial charge on any atom is -0.391 e. The summed E-state index contributed by atoms with van der Waals surface area (Å²) in [5, 5.41) is 15.9. The van der Waals surface area contributed by atoms with Gasteiger partial charge in [0.05, 0.1) is 17.1 Å². The second-order valence-electron chi connectivity index (χ2n) is 6.73. The summed E-state index contributed by atoms with van der Waals surface area (Å²) in [6.45, 7) is 3.73. The molecule has 4 rings (SSSR count). The van der Waals surface area contributed by atoms with Crippen molar-refractivity contribution in [3.63, 3.8) is 0 Å². The van der Waals surface area contributed by atoms with Gasteiger partial charge in [-0.05, 0) is 37.3 Å². The van der Waals surface area contributed by atoms with E-state index in [1.54, 1.807) is 0 Å². The van der Waals surface area contributed by atoms with Crippen molar-refractivity contribution in [2.24, 2.45) is 5.92 Å². The van der Waals surface area contributed by atoms with E-state index in [2.05, 4.69) is 20.2 Å². The van der Waals surface area contributed by atoms with Crippen LogP contribution < -0.4 is 10.6 Å². The van der Waals surface area contributed by atoms with Crippen LogP contribution in [0.1, 0.15) is 16.2 Å². The number of imidazole rings is 1. The minimum atomic E-state index is -0.401. The molecule has 1 aliphatic heterocycles. The van der Waals surface area contributed by atoms with Gasteiger partial charge < -0.3 is 15.7 Å². The van der Waals surface area contributed by atoms with E-state index in [9.17, 15) is 9.90 Å². The van der Waals surface area contributed by atoms with Gasteiger partial charge in [0.15, 0.2) is 0 Å². The number of benzene rings is 2. The lowest BCUT2D eigenvalue weighted by atomic mass is 10.1. The van der Waals surface area contributed by atoms with Gasteiger partial charge >= 0.3 is 0 Å². The van der Waals surface area contributed by atoms with E-state index in [0.717, 1.165) is 29.1 Å². The molecule has 0 bridgehead atoms. The van der Waals surface area contributed by atoms with Crippen molar-refractivity contribution in [2.75, 3.05) is 19.6 Å².